The van der Waals surface area contributed by atoms with Gasteiger partial charge in [-0.15, -0.1) is 0 Å². The minimum atomic E-state index is 0.249. The van der Waals surface area contributed by atoms with Gasteiger partial charge >= 0.3 is 0 Å². The van der Waals surface area contributed by atoms with E-state index in [1.54, 1.807) is 7.11 Å². The van der Waals surface area contributed by atoms with Crippen LogP contribution in [-0.4, -0.2) is 13.7 Å². The van der Waals surface area contributed by atoms with Gasteiger partial charge in [-0.05, 0) is 30.5 Å². The second kappa shape index (κ2) is 6.19. The van der Waals surface area contributed by atoms with Crippen molar-refractivity contribution in [3.8, 4) is 5.75 Å². The molecule has 0 amide bonds. The van der Waals surface area contributed by atoms with E-state index in [1.807, 2.05) is 12.1 Å². The molecule has 0 fully saturated rings. The van der Waals surface area contributed by atoms with Gasteiger partial charge in [-0.3, -0.25) is 0 Å². The Bertz CT molecular complexity index is 624. The molecule has 1 aliphatic rings. The summed E-state index contributed by atoms with van der Waals surface area (Å²) < 4.78 is 5.44. The molecule has 0 unspecified atom stereocenters. The van der Waals surface area contributed by atoms with Crippen LogP contribution in [0.1, 0.15) is 29.7 Å². The summed E-state index contributed by atoms with van der Waals surface area (Å²) in [5.41, 5.74) is 5.28. The van der Waals surface area contributed by atoms with Crippen molar-refractivity contribution >= 4 is 5.69 Å². The fraction of sp³-hybridized carbons (Fsp3) is 0.333. The summed E-state index contributed by atoms with van der Waals surface area (Å²) in [5, 5.41) is 7.09. The zero-order valence-electron chi connectivity index (χ0n) is 12.6. The van der Waals surface area contributed by atoms with Gasteiger partial charge in [-0.2, -0.15) is 0 Å². The van der Waals surface area contributed by atoms with Gasteiger partial charge in [0.1, 0.15) is 5.75 Å². The molecule has 0 radical (unpaired) electrons. The molecule has 2 aromatic carbocycles. The molecule has 0 saturated heterocycles. The first-order valence-electron chi connectivity index (χ1n) is 7.50. The molecule has 0 aliphatic carbocycles. The fourth-order valence-corrected chi connectivity index (χ4v) is 2.96. The lowest BCUT2D eigenvalue weighted by Gasteiger charge is -2.18. The maximum atomic E-state index is 5.44. The van der Waals surface area contributed by atoms with Crippen LogP contribution in [0.5, 0.6) is 5.75 Å². The standard InChI is InChI=1S/C18H22N2O/c1-13(16-8-3-4-9-17(16)21-2)20-12-15-7-5-6-14-10-11-19-18(14)15/h3-9,13,19-20H,10-12H2,1-2H3/t13-/m0/s1. The van der Waals surface area contributed by atoms with Gasteiger partial charge in [-0.25, -0.2) is 0 Å². The number of anilines is 1. The molecule has 1 atom stereocenters. The predicted molar refractivity (Wildman–Crippen MR) is 86.9 cm³/mol. The lowest BCUT2D eigenvalue weighted by Crippen LogP contribution is -2.19. The van der Waals surface area contributed by atoms with Gasteiger partial charge in [0.2, 0.25) is 0 Å². The molecule has 1 heterocycles. The second-order valence-electron chi connectivity index (χ2n) is 5.47. The van der Waals surface area contributed by atoms with Gasteiger partial charge in [0.15, 0.2) is 0 Å². The molecule has 0 bridgehead atoms. The molecule has 0 spiro atoms. The number of ether oxygens (including phenoxy) is 1. The van der Waals surface area contributed by atoms with Crippen LogP contribution in [-0.2, 0) is 13.0 Å². The molecule has 3 rings (SSSR count). The Labute approximate surface area is 126 Å². The number of methoxy groups -OCH3 is 1. The van der Waals surface area contributed by atoms with Crippen molar-refractivity contribution in [3.63, 3.8) is 0 Å². The van der Waals surface area contributed by atoms with Gasteiger partial charge in [-0.1, -0.05) is 36.4 Å². The molecule has 2 aromatic rings. The quantitative estimate of drug-likeness (QED) is 0.880. The minimum Gasteiger partial charge on any atom is -0.496 e. The van der Waals surface area contributed by atoms with E-state index in [4.69, 9.17) is 4.74 Å². The third-order valence-electron chi connectivity index (χ3n) is 4.14. The van der Waals surface area contributed by atoms with Crippen LogP contribution in [0.2, 0.25) is 0 Å². The highest BCUT2D eigenvalue weighted by Crippen LogP contribution is 2.28. The van der Waals surface area contributed by atoms with Gasteiger partial charge < -0.3 is 15.4 Å². The summed E-state index contributed by atoms with van der Waals surface area (Å²) in [5.74, 6) is 0.939. The Hall–Kier alpha value is -2.00. The number of hydrogen-bond donors (Lipinski definition) is 2. The van der Waals surface area contributed by atoms with Crippen LogP contribution in [0.25, 0.3) is 0 Å². The molecule has 0 aromatic heterocycles. The molecule has 3 nitrogen and oxygen atoms in total. The van der Waals surface area contributed by atoms with E-state index in [-0.39, 0.29) is 6.04 Å². The maximum Gasteiger partial charge on any atom is 0.123 e. The molecule has 3 heteroatoms. The average Bonchev–Trinajstić information content (AvgIpc) is 3.01. The average molecular weight is 282 g/mol. The molecule has 21 heavy (non-hydrogen) atoms. The number of rotatable bonds is 5. The number of benzene rings is 2. The lowest BCUT2D eigenvalue weighted by atomic mass is 10.0. The topological polar surface area (TPSA) is 33.3 Å². The summed E-state index contributed by atoms with van der Waals surface area (Å²) >= 11 is 0. The Morgan fingerprint density at radius 3 is 2.90 bits per heavy atom. The van der Waals surface area contributed by atoms with Crippen molar-refractivity contribution in [3.05, 3.63) is 59.2 Å². The minimum absolute atomic E-state index is 0.249. The van der Waals surface area contributed by atoms with Gasteiger partial charge in [0, 0.05) is 30.4 Å². The van der Waals surface area contributed by atoms with Crippen LogP contribution in [0.3, 0.4) is 0 Å². The van der Waals surface area contributed by atoms with Crippen molar-refractivity contribution < 1.29 is 4.74 Å². The number of hydrogen-bond acceptors (Lipinski definition) is 3. The normalized spacial score (nSPS) is 14.4. The highest BCUT2D eigenvalue weighted by molar-refractivity contribution is 5.61. The highest BCUT2D eigenvalue weighted by Gasteiger charge is 2.15. The predicted octanol–water partition coefficient (Wildman–Crippen LogP) is 3.51. The summed E-state index contributed by atoms with van der Waals surface area (Å²) in [6.07, 6.45) is 1.13. The van der Waals surface area contributed by atoms with Gasteiger partial charge in [0.05, 0.1) is 7.11 Å². The Balaban J connectivity index is 1.72. The van der Waals surface area contributed by atoms with Crippen LogP contribution in [0, 0.1) is 0 Å². The first-order chi connectivity index (χ1) is 10.3. The summed E-state index contributed by atoms with van der Waals surface area (Å²) in [6, 6.07) is 15.0. The molecule has 1 aliphatic heterocycles. The second-order valence-corrected chi connectivity index (χ2v) is 5.47. The number of para-hydroxylation sites is 2. The molecule has 110 valence electrons. The summed E-state index contributed by atoms with van der Waals surface area (Å²) in [4.78, 5) is 0. The Kier molecular flexibility index (Phi) is 4.11. The van der Waals surface area contributed by atoms with Crippen molar-refractivity contribution in [2.75, 3.05) is 19.0 Å². The van der Waals surface area contributed by atoms with Crippen LogP contribution >= 0.6 is 0 Å². The number of fused-ring (bicyclic) bond motifs is 1. The molecule has 0 saturated carbocycles. The fourth-order valence-electron chi connectivity index (χ4n) is 2.96. The van der Waals surface area contributed by atoms with Crippen molar-refractivity contribution in [1.29, 1.82) is 0 Å². The monoisotopic (exact) mass is 282 g/mol. The third kappa shape index (κ3) is 2.88. The zero-order valence-corrected chi connectivity index (χ0v) is 12.6. The first-order valence-corrected chi connectivity index (χ1v) is 7.50. The van der Waals surface area contributed by atoms with Crippen molar-refractivity contribution in [2.24, 2.45) is 0 Å². The van der Waals surface area contributed by atoms with Crippen LogP contribution in [0.15, 0.2) is 42.5 Å². The SMILES string of the molecule is COc1ccccc1[C@H](C)NCc1cccc2c1NCC2. The van der Waals surface area contributed by atoms with Crippen LogP contribution < -0.4 is 15.4 Å². The van der Waals surface area contributed by atoms with Crippen molar-refractivity contribution in [1.82, 2.24) is 5.32 Å². The van der Waals surface area contributed by atoms with Crippen molar-refractivity contribution in [2.45, 2.75) is 25.9 Å². The van der Waals surface area contributed by atoms with Crippen LogP contribution in [0.4, 0.5) is 5.69 Å². The van der Waals surface area contributed by atoms with E-state index in [0.717, 1.165) is 25.3 Å². The molecule has 2 N–H and O–H groups in total. The third-order valence-corrected chi connectivity index (χ3v) is 4.14. The van der Waals surface area contributed by atoms with E-state index in [9.17, 15) is 0 Å². The Morgan fingerprint density at radius 2 is 2.05 bits per heavy atom. The lowest BCUT2D eigenvalue weighted by molar-refractivity contribution is 0.401. The summed E-state index contributed by atoms with van der Waals surface area (Å²) in [7, 11) is 1.72. The molecular weight excluding hydrogens is 260 g/mol. The Morgan fingerprint density at radius 1 is 1.19 bits per heavy atom. The largest absolute Gasteiger partial charge is 0.496 e. The number of nitrogens with one attached hydrogen (secondary N) is 2. The smallest absolute Gasteiger partial charge is 0.123 e. The van der Waals surface area contributed by atoms with E-state index >= 15 is 0 Å². The molecular formula is C18H22N2O. The van der Waals surface area contributed by atoms with Gasteiger partial charge in [0.25, 0.3) is 0 Å². The van der Waals surface area contributed by atoms with E-state index in [2.05, 4.69) is 47.9 Å². The highest BCUT2D eigenvalue weighted by atomic mass is 16.5. The zero-order chi connectivity index (χ0) is 14.7. The first kappa shape index (κ1) is 14.0. The van der Waals surface area contributed by atoms with E-state index < -0.39 is 0 Å². The summed E-state index contributed by atoms with van der Waals surface area (Å²) in [6.45, 7) is 4.08. The maximum absolute atomic E-state index is 5.44. The van der Waals surface area contributed by atoms with E-state index in [0.29, 0.717) is 0 Å². The van der Waals surface area contributed by atoms with E-state index in [1.165, 1.54) is 22.4 Å².